The molecule has 0 saturated carbocycles. The number of carbonyl (C=O) groups excluding carboxylic acids is 1. The van der Waals surface area contributed by atoms with Crippen molar-refractivity contribution in [3.05, 3.63) is 35.4 Å². The van der Waals surface area contributed by atoms with Crippen molar-refractivity contribution in [1.29, 1.82) is 5.26 Å². The highest BCUT2D eigenvalue weighted by atomic mass is 16.2. The van der Waals surface area contributed by atoms with E-state index in [1.165, 1.54) is 12.8 Å². The molecule has 4 heteroatoms. The number of nitriles is 1. The third-order valence-electron chi connectivity index (χ3n) is 3.81. The van der Waals surface area contributed by atoms with Gasteiger partial charge in [0.2, 0.25) is 0 Å². The average molecular weight is 271 g/mol. The molecule has 1 unspecified atom stereocenters. The SMILES string of the molecule is CCN(CC1CCCNC1)C(=O)c1ccc(C#N)cc1. The molecule has 1 aliphatic heterocycles. The molecule has 1 saturated heterocycles. The second-order valence-electron chi connectivity index (χ2n) is 5.25. The molecule has 1 amide bonds. The predicted molar refractivity (Wildman–Crippen MR) is 78.3 cm³/mol. The maximum Gasteiger partial charge on any atom is 0.253 e. The first-order chi connectivity index (χ1) is 9.74. The summed E-state index contributed by atoms with van der Waals surface area (Å²) in [7, 11) is 0. The Kier molecular flexibility index (Phi) is 5.14. The van der Waals surface area contributed by atoms with Gasteiger partial charge in [0.15, 0.2) is 0 Å². The molecule has 106 valence electrons. The molecule has 0 aliphatic carbocycles. The first kappa shape index (κ1) is 14.5. The lowest BCUT2D eigenvalue weighted by molar-refractivity contribution is 0.0729. The van der Waals surface area contributed by atoms with E-state index in [4.69, 9.17) is 5.26 Å². The summed E-state index contributed by atoms with van der Waals surface area (Å²) in [4.78, 5) is 14.4. The highest BCUT2D eigenvalue weighted by Crippen LogP contribution is 2.14. The number of nitrogens with one attached hydrogen (secondary N) is 1. The molecular formula is C16H21N3O. The number of hydrogen-bond acceptors (Lipinski definition) is 3. The van der Waals surface area contributed by atoms with Gasteiger partial charge in [-0.25, -0.2) is 0 Å². The largest absolute Gasteiger partial charge is 0.339 e. The molecule has 20 heavy (non-hydrogen) atoms. The minimum atomic E-state index is 0.0579. The van der Waals surface area contributed by atoms with Crippen molar-refractivity contribution in [2.45, 2.75) is 19.8 Å². The van der Waals surface area contributed by atoms with Crippen LogP contribution in [0.2, 0.25) is 0 Å². The minimum Gasteiger partial charge on any atom is -0.339 e. The zero-order chi connectivity index (χ0) is 14.4. The maximum atomic E-state index is 12.5. The molecule has 1 N–H and O–H groups in total. The van der Waals surface area contributed by atoms with E-state index in [1.54, 1.807) is 24.3 Å². The van der Waals surface area contributed by atoms with Gasteiger partial charge >= 0.3 is 0 Å². The molecule has 0 spiro atoms. The molecular weight excluding hydrogens is 250 g/mol. The Hall–Kier alpha value is -1.86. The minimum absolute atomic E-state index is 0.0579. The van der Waals surface area contributed by atoms with Gasteiger partial charge in [-0.05, 0) is 63.0 Å². The number of carbonyl (C=O) groups is 1. The van der Waals surface area contributed by atoms with Crippen molar-refractivity contribution in [3.63, 3.8) is 0 Å². The van der Waals surface area contributed by atoms with Crippen molar-refractivity contribution >= 4 is 5.91 Å². The quantitative estimate of drug-likeness (QED) is 0.911. The molecule has 0 bridgehead atoms. The number of benzene rings is 1. The molecule has 4 nitrogen and oxygen atoms in total. The van der Waals surface area contributed by atoms with Crippen LogP contribution in [0.5, 0.6) is 0 Å². The lowest BCUT2D eigenvalue weighted by Gasteiger charge is -2.29. The Balaban J connectivity index is 2.01. The number of nitrogens with zero attached hydrogens (tertiary/aromatic N) is 2. The van der Waals surface area contributed by atoms with Gasteiger partial charge in [0.05, 0.1) is 11.6 Å². The zero-order valence-corrected chi connectivity index (χ0v) is 11.9. The van der Waals surface area contributed by atoms with Gasteiger partial charge in [0, 0.05) is 18.7 Å². The maximum absolute atomic E-state index is 12.5. The van der Waals surface area contributed by atoms with Crippen LogP contribution in [0.1, 0.15) is 35.7 Å². The van der Waals surface area contributed by atoms with E-state index in [2.05, 4.69) is 11.4 Å². The van der Waals surface area contributed by atoms with Crippen molar-refractivity contribution in [2.24, 2.45) is 5.92 Å². The van der Waals surface area contributed by atoms with Crippen LogP contribution in [-0.4, -0.2) is 37.0 Å². The van der Waals surface area contributed by atoms with Crippen LogP contribution < -0.4 is 5.32 Å². The van der Waals surface area contributed by atoms with Crippen LogP contribution in [-0.2, 0) is 0 Å². The van der Waals surface area contributed by atoms with E-state index in [0.717, 1.165) is 26.2 Å². The van der Waals surface area contributed by atoms with E-state index in [1.807, 2.05) is 11.8 Å². The van der Waals surface area contributed by atoms with E-state index in [0.29, 0.717) is 17.0 Å². The van der Waals surface area contributed by atoms with E-state index >= 15 is 0 Å². The van der Waals surface area contributed by atoms with Crippen LogP contribution in [0.15, 0.2) is 24.3 Å². The van der Waals surface area contributed by atoms with E-state index in [9.17, 15) is 4.79 Å². The van der Waals surface area contributed by atoms with Gasteiger partial charge in [-0.1, -0.05) is 0 Å². The smallest absolute Gasteiger partial charge is 0.253 e. The summed E-state index contributed by atoms with van der Waals surface area (Å²) in [6.07, 6.45) is 2.37. The average Bonchev–Trinajstić information content (AvgIpc) is 2.53. The highest BCUT2D eigenvalue weighted by Gasteiger charge is 2.20. The Morgan fingerprint density at radius 2 is 2.20 bits per heavy atom. The number of piperidine rings is 1. The standard InChI is InChI=1S/C16H21N3O/c1-2-19(12-14-4-3-9-18-11-14)16(20)15-7-5-13(10-17)6-8-15/h5-8,14,18H,2-4,9,11-12H2,1H3. The molecule has 1 aliphatic rings. The first-order valence-electron chi connectivity index (χ1n) is 7.24. The van der Waals surface area contributed by atoms with Crippen LogP contribution in [0.4, 0.5) is 0 Å². The van der Waals surface area contributed by atoms with Crippen molar-refractivity contribution in [1.82, 2.24) is 10.2 Å². The van der Waals surface area contributed by atoms with E-state index in [-0.39, 0.29) is 5.91 Å². The number of amides is 1. The fraction of sp³-hybridized carbons (Fsp3) is 0.500. The zero-order valence-electron chi connectivity index (χ0n) is 11.9. The summed E-state index contributed by atoms with van der Waals surface area (Å²) < 4.78 is 0. The summed E-state index contributed by atoms with van der Waals surface area (Å²) in [5.41, 5.74) is 1.25. The normalized spacial score (nSPS) is 18.3. The van der Waals surface area contributed by atoms with Crippen molar-refractivity contribution in [2.75, 3.05) is 26.2 Å². The molecule has 1 atom stereocenters. The Labute approximate surface area is 120 Å². The van der Waals surface area contributed by atoms with Gasteiger partial charge < -0.3 is 10.2 Å². The van der Waals surface area contributed by atoms with Crippen LogP contribution in [0.3, 0.4) is 0 Å². The van der Waals surface area contributed by atoms with Crippen LogP contribution in [0.25, 0.3) is 0 Å². The lowest BCUT2D eigenvalue weighted by Crippen LogP contribution is -2.41. The summed E-state index contributed by atoms with van der Waals surface area (Å²) >= 11 is 0. The summed E-state index contributed by atoms with van der Waals surface area (Å²) in [6.45, 7) is 5.62. The van der Waals surface area contributed by atoms with Crippen LogP contribution >= 0.6 is 0 Å². The lowest BCUT2D eigenvalue weighted by atomic mass is 9.98. The summed E-state index contributed by atoms with van der Waals surface area (Å²) in [5.74, 6) is 0.605. The topological polar surface area (TPSA) is 56.1 Å². The Morgan fingerprint density at radius 1 is 1.45 bits per heavy atom. The molecule has 1 fully saturated rings. The third-order valence-corrected chi connectivity index (χ3v) is 3.81. The van der Waals surface area contributed by atoms with Gasteiger partial charge in [0.25, 0.3) is 5.91 Å². The second-order valence-corrected chi connectivity index (χ2v) is 5.25. The van der Waals surface area contributed by atoms with Crippen molar-refractivity contribution in [3.8, 4) is 6.07 Å². The van der Waals surface area contributed by atoms with Gasteiger partial charge in [-0.2, -0.15) is 5.26 Å². The Morgan fingerprint density at radius 3 is 2.75 bits per heavy atom. The summed E-state index contributed by atoms with van der Waals surface area (Å²) in [6, 6.07) is 8.94. The third kappa shape index (κ3) is 3.58. The first-order valence-corrected chi connectivity index (χ1v) is 7.24. The fourth-order valence-corrected chi connectivity index (χ4v) is 2.62. The van der Waals surface area contributed by atoms with Crippen LogP contribution in [0, 0.1) is 17.2 Å². The molecule has 2 rings (SSSR count). The van der Waals surface area contributed by atoms with Gasteiger partial charge in [0.1, 0.15) is 0 Å². The molecule has 1 aromatic carbocycles. The molecule has 0 aromatic heterocycles. The van der Waals surface area contributed by atoms with Gasteiger partial charge in [-0.3, -0.25) is 4.79 Å². The Bertz CT molecular complexity index is 483. The van der Waals surface area contributed by atoms with E-state index < -0.39 is 0 Å². The molecule has 1 heterocycles. The second kappa shape index (κ2) is 7.06. The van der Waals surface area contributed by atoms with Crippen molar-refractivity contribution < 1.29 is 4.79 Å². The molecule has 0 radical (unpaired) electrons. The predicted octanol–water partition coefficient (Wildman–Crippen LogP) is 2.02. The molecule has 1 aromatic rings. The summed E-state index contributed by atoms with van der Waals surface area (Å²) in [5, 5.41) is 12.2. The fourth-order valence-electron chi connectivity index (χ4n) is 2.62. The highest BCUT2D eigenvalue weighted by molar-refractivity contribution is 5.94. The monoisotopic (exact) mass is 271 g/mol. The van der Waals surface area contributed by atoms with Gasteiger partial charge in [-0.15, -0.1) is 0 Å². The number of hydrogen-bond donors (Lipinski definition) is 1. The number of rotatable bonds is 4.